The van der Waals surface area contributed by atoms with Crippen molar-refractivity contribution in [3.05, 3.63) is 105 Å². The van der Waals surface area contributed by atoms with Crippen LogP contribution in [0.2, 0.25) is 5.02 Å². The lowest BCUT2D eigenvalue weighted by Gasteiger charge is -2.26. The van der Waals surface area contributed by atoms with Crippen LogP contribution in [-0.2, 0) is 6.42 Å². The lowest BCUT2D eigenvalue weighted by molar-refractivity contribution is 0.0734. The van der Waals surface area contributed by atoms with Crippen molar-refractivity contribution in [2.45, 2.75) is 19.3 Å². The second kappa shape index (κ2) is 8.55. The molecule has 3 aromatic rings. The molecule has 0 aliphatic carbocycles. The first kappa shape index (κ1) is 20.5. The standard InChI is InChI=1S/C25H19ClN2O3/c1-2-15-3-5-16(6-4-15)23-20-12-11-19(13-22(20)31-24(28)21(23)14-27)30-25(29)17-7-9-18(26)10-8-17/h3-13,23H,2,28H2,1H3. The molecule has 0 spiro atoms. The minimum atomic E-state index is -0.514. The highest BCUT2D eigenvalue weighted by molar-refractivity contribution is 6.30. The molecule has 1 aliphatic heterocycles. The average molecular weight is 431 g/mol. The molecule has 0 saturated carbocycles. The molecule has 5 nitrogen and oxygen atoms in total. The van der Waals surface area contributed by atoms with Crippen molar-refractivity contribution in [3.63, 3.8) is 0 Å². The average Bonchev–Trinajstić information content (AvgIpc) is 2.78. The monoisotopic (exact) mass is 430 g/mol. The summed E-state index contributed by atoms with van der Waals surface area (Å²) in [5, 5.41) is 10.2. The number of benzene rings is 3. The maximum Gasteiger partial charge on any atom is 0.343 e. The molecule has 1 heterocycles. The zero-order valence-electron chi connectivity index (χ0n) is 16.8. The van der Waals surface area contributed by atoms with Gasteiger partial charge in [0.2, 0.25) is 5.88 Å². The van der Waals surface area contributed by atoms with Gasteiger partial charge in [0.1, 0.15) is 23.1 Å². The molecule has 1 unspecified atom stereocenters. The summed E-state index contributed by atoms with van der Waals surface area (Å²) in [5.41, 5.74) is 9.71. The Labute approximate surface area is 185 Å². The van der Waals surface area contributed by atoms with Crippen molar-refractivity contribution in [1.29, 1.82) is 5.26 Å². The molecule has 0 fully saturated rings. The Morgan fingerprint density at radius 2 is 1.84 bits per heavy atom. The number of hydrogen-bond donors (Lipinski definition) is 1. The highest BCUT2D eigenvalue weighted by Crippen LogP contribution is 2.43. The van der Waals surface area contributed by atoms with Crippen LogP contribution in [0.5, 0.6) is 11.5 Å². The highest BCUT2D eigenvalue weighted by Gasteiger charge is 2.31. The number of nitrogens with zero attached hydrogens (tertiary/aromatic N) is 1. The maximum absolute atomic E-state index is 12.4. The van der Waals surface area contributed by atoms with Crippen LogP contribution in [0.15, 0.2) is 78.2 Å². The Kier molecular flexibility index (Phi) is 5.66. The van der Waals surface area contributed by atoms with Gasteiger partial charge in [0.05, 0.1) is 11.5 Å². The van der Waals surface area contributed by atoms with Crippen LogP contribution in [0.3, 0.4) is 0 Å². The van der Waals surface area contributed by atoms with Crippen LogP contribution in [0.1, 0.15) is 39.9 Å². The predicted octanol–water partition coefficient (Wildman–Crippen LogP) is 5.34. The van der Waals surface area contributed by atoms with E-state index in [0.717, 1.165) is 17.5 Å². The SMILES string of the molecule is CCc1ccc(C2C(C#N)=C(N)Oc3cc(OC(=O)c4ccc(Cl)cc4)ccc32)cc1. The van der Waals surface area contributed by atoms with E-state index in [1.165, 1.54) is 5.56 Å². The van der Waals surface area contributed by atoms with Crippen LogP contribution in [-0.4, -0.2) is 5.97 Å². The van der Waals surface area contributed by atoms with Crippen molar-refractivity contribution >= 4 is 17.6 Å². The van der Waals surface area contributed by atoms with Gasteiger partial charge < -0.3 is 15.2 Å². The number of hydrogen-bond acceptors (Lipinski definition) is 5. The fourth-order valence-electron chi connectivity index (χ4n) is 3.54. The fraction of sp³-hybridized carbons (Fsp3) is 0.120. The third-order valence-corrected chi connectivity index (χ3v) is 5.45. The van der Waals surface area contributed by atoms with Gasteiger partial charge in [-0.1, -0.05) is 48.9 Å². The molecular formula is C25H19ClN2O3. The zero-order valence-corrected chi connectivity index (χ0v) is 17.5. The topological polar surface area (TPSA) is 85.3 Å². The molecule has 0 aromatic heterocycles. The van der Waals surface area contributed by atoms with E-state index in [4.69, 9.17) is 26.8 Å². The van der Waals surface area contributed by atoms with Crippen molar-refractivity contribution in [3.8, 4) is 17.6 Å². The smallest absolute Gasteiger partial charge is 0.343 e. The Morgan fingerprint density at radius 1 is 1.13 bits per heavy atom. The van der Waals surface area contributed by atoms with Crippen molar-refractivity contribution in [2.75, 3.05) is 0 Å². The largest absolute Gasteiger partial charge is 0.440 e. The van der Waals surface area contributed by atoms with E-state index in [1.54, 1.807) is 42.5 Å². The lowest BCUT2D eigenvalue weighted by atomic mass is 9.83. The molecule has 31 heavy (non-hydrogen) atoms. The third kappa shape index (κ3) is 4.11. The van der Waals surface area contributed by atoms with Crippen LogP contribution in [0, 0.1) is 11.3 Å². The molecule has 0 saturated heterocycles. The molecule has 1 atom stereocenters. The first-order valence-electron chi connectivity index (χ1n) is 9.78. The summed E-state index contributed by atoms with van der Waals surface area (Å²) in [4.78, 5) is 12.4. The van der Waals surface area contributed by atoms with E-state index >= 15 is 0 Å². The van der Waals surface area contributed by atoms with Gasteiger partial charge in [0, 0.05) is 16.7 Å². The summed E-state index contributed by atoms with van der Waals surface area (Å²) in [6.45, 7) is 2.09. The van der Waals surface area contributed by atoms with Gasteiger partial charge in [0.25, 0.3) is 0 Å². The number of halogens is 1. The number of fused-ring (bicyclic) bond motifs is 1. The van der Waals surface area contributed by atoms with Gasteiger partial charge in [-0.3, -0.25) is 0 Å². The van der Waals surface area contributed by atoms with Crippen LogP contribution in [0.4, 0.5) is 0 Å². The second-order valence-corrected chi connectivity index (χ2v) is 7.55. The minimum Gasteiger partial charge on any atom is -0.440 e. The van der Waals surface area contributed by atoms with E-state index < -0.39 is 5.97 Å². The van der Waals surface area contributed by atoms with Crippen LogP contribution < -0.4 is 15.2 Å². The maximum atomic E-state index is 12.4. The van der Waals surface area contributed by atoms with Gasteiger partial charge >= 0.3 is 5.97 Å². The number of carbonyl (C=O) groups is 1. The summed E-state index contributed by atoms with van der Waals surface area (Å²) < 4.78 is 11.2. The molecule has 0 bridgehead atoms. The van der Waals surface area contributed by atoms with Gasteiger partial charge in [-0.05, 0) is 47.9 Å². The number of carbonyl (C=O) groups excluding carboxylic acids is 1. The molecule has 2 N–H and O–H groups in total. The first-order valence-corrected chi connectivity index (χ1v) is 10.2. The van der Waals surface area contributed by atoms with E-state index in [1.807, 2.05) is 24.3 Å². The van der Waals surface area contributed by atoms with Gasteiger partial charge in [-0.2, -0.15) is 5.26 Å². The summed E-state index contributed by atoms with van der Waals surface area (Å²) >= 11 is 5.87. The summed E-state index contributed by atoms with van der Waals surface area (Å²) in [5.74, 6) is -0.0729. The number of nitriles is 1. The van der Waals surface area contributed by atoms with E-state index in [2.05, 4.69) is 13.0 Å². The predicted molar refractivity (Wildman–Crippen MR) is 118 cm³/mol. The Hall–Kier alpha value is -3.75. The molecular weight excluding hydrogens is 412 g/mol. The van der Waals surface area contributed by atoms with Crippen molar-refractivity contribution in [1.82, 2.24) is 0 Å². The molecule has 4 rings (SSSR count). The quantitative estimate of drug-likeness (QED) is 0.446. The summed E-state index contributed by atoms with van der Waals surface area (Å²) in [7, 11) is 0. The van der Waals surface area contributed by atoms with Gasteiger partial charge in [-0.15, -0.1) is 0 Å². The van der Waals surface area contributed by atoms with Gasteiger partial charge in [0.15, 0.2) is 0 Å². The lowest BCUT2D eigenvalue weighted by Crippen LogP contribution is -2.21. The molecule has 0 radical (unpaired) electrons. The van der Waals surface area contributed by atoms with Gasteiger partial charge in [-0.25, -0.2) is 4.79 Å². The molecule has 6 heteroatoms. The minimum absolute atomic E-state index is 0.0424. The summed E-state index contributed by atoms with van der Waals surface area (Å²) in [6, 6.07) is 21.8. The normalized spacial score (nSPS) is 14.9. The van der Waals surface area contributed by atoms with Crippen LogP contribution >= 0.6 is 11.6 Å². The Balaban J connectivity index is 1.67. The second-order valence-electron chi connectivity index (χ2n) is 7.12. The van der Waals surface area contributed by atoms with Crippen molar-refractivity contribution in [2.24, 2.45) is 5.73 Å². The molecule has 1 aliphatic rings. The molecule has 0 amide bonds. The number of esters is 1. The van der Waals surface area contributed by atoms with Crippen molar-refractivity contribution < 1.29 is 14.3 Å². The first-order chi connectivity index (χ1) is 15.0. The van der Waals surface area contributed by atoms with E-state index in [-0.39, 0.29) is 11.8 Å². The van der Waals surface area contributed by atoms with E-state index in [0.29, 0.717) is 27.7 Å². The number of allylic oxidation sites excluding steroid dienone is 1. The number of nitrogens with two attached hydrogens (primary N) is 1. The van der Waals surface area contributed by atoms with Crippen LogP contribution in [0.25, 0.3) is 0 Å². The number of rotatable bonds is 4. The summed E-state index contributed by atoms with van der Waals surface area (Å²) in [6.07, 6.45) is 0.927. The fourth-order valence-corrected chi connectivity index (χ4v) is 3.67. The third-order valence-electron chi connectivity index (χ3n) is 5.20. The highest BCUT2D eigenvalue weighted by atomic mass is 35.5. The number of ether oxygens (including phenoxy) is 2. The zero-order chi connectivity index (χ0) is 22.0. The Morgan fingerprint density at radius 3 is 2.48 bits per heavy atom. The molecule has 154 valence electrons. The Bertz CT molecular complexity index is 1210. The molecule has 3 aromatic carbocycles. The van der Waals surface area contributed by atoms with E-state index in [9.17, 15) is 10.1 Å². The number of aryl methyl sites for hydroxylation is 1.